The van der Waals surface area contributed by atoms with Gasteiger partial charge in [-0.2, -0.15) is 0 Å². The van der Waals surface area contributed by atoms with Gasteiger partial charge in [0.15, 0.2) is 0 Å². The van der Waals surface area contributed by atoms with Crippen molar-refractivity contribution in [1.29, 1.82) is 0 Å². The highest BCUT2D eigenvalue weighted by molar-refractivity contribution is 7.99. The lowest BCUT2D eigenvalue weighted by molar-refractivity contribution is 0.345. The van der Waals surface area contributed by atoms with Crippen molar-refractivity contribution in [3.63, 3.8) is 0 Å². The van der Waals surface area contributed by atoms with Gasteiger partial charge in [0.05, 0.1) is 10.0 Å². The van der Waals surface area contributed by atoms with E-state index in [1.807, 2.05) is 30.0 Å². The zero-order valence-corrected chi connectivity index (χ0v) is 13.5. The van der Waals surface area contributed by atoms with Crippen LogP contribution in [-0.2, 0) is 0 Å². The summed E-state index contributed by atoms with van der Waals surface area (Å²) in [5, 5.41) is 4.84. The number of benzene rings is 1. The topological polar surface area (TPSA) is 12.0 Å². The van der Waals surface area contributed by atoms with Crippen LogP contribution in [0.25, 0.3) is 0 Å². The van der Waals surface area contributed by atoms with Gasteiger partial charge in [-0.3, -0.25) is 0 Å². The first kappa shape index (κ1) is 15.5. The van der Waals surface area contributed by atoms with Crippen LogP contribution in [0.2, 0.25) is 10.0 Å². The third kappa shape index (κ3) is 5.55. The van der Waals surface area contributed by atoms with Crippen LogP contribution in [0.4, 0.5) is 0 Å². The molecule has 0 bridgehead atoms. The van der Waals surface area contributed by atoms with Crippen molar-refractivity contribution in [3.8, 4) is 0 Å². The van der Waals surface area contributed by atoms with Crippen LogP contribution in [0, 0.1) is 5.92 Å². The lowest BCUT2D eigenvalue weighted by Crippen LogP contribution is -2.26. The van der Waals surface area contributed by atoms with Gasteiger partial charge in [-0.15, -0.1) is 11.8 Å². The first-order valence-electron chi connectivity index (χ1n) is 7.04. The Bertz CT molecular complexity index is 392. The van der Waals surface area contributed by atoms with Crippen LogP contribution >= 0.6 is 35.0 Å². The molecule has 0 heterocycles. The molecule has 4 heteroatoms. The summed E-state index contributed by atoms with van der Waals surface area (Å²) < 4.78 is 0. The summed E-state index contributed by atoms with van der Waals surface area (Å²) in [4.78, 5) is 1.19. The second kappa shape index (κ2) is 8.41. The molecule has 0 spiro atoms. The molecular formula is C15H21Cl2NS. The van der Waals surface area contributed by atoms with Crippen LogP contribution in [0.1, 0.15) is 32.1 Å². The molecule has 19 heavy (non-hydrogen) atoms. The summed E-state index contributed by atoms with van der Waals surface area (Å²) in [5.41, 5.74) is 0. The van der Waals surface area contributed by atoms with Crippen molar-refractivity contribution in [2.45, 2.75) is 37.0 Å². The van der Waals surface area contributed by atoms with Gasteiger partial charge < -0.3 is 5.32 Å². The van der Waals surface area contributed by atoms with Gasteiger partial charge in [-0.05, 0) is 43.5 Å². The number of hydrogen-bond donors (Lipinski definition) is 1. The maximum absolute atomic E-state index is 5.99. The van der Waals surface area contributed by atoms with Gasteiger partial charge in [-0.25, -0.2) is 0 Å². The monoisotopic (exact) mass is 317 g/mol. The predicted molar refractivity (Wildman–Crippen MR) is 86.6 cm³/mol. The van der Waals surface area contributed by atoms with E-state index >= 15 is 0 Å². The first-order valence-corrected chi connectivity index (χ1v) is 8.78. The van der Waals surface area contributed by atoms with Crippen molar-refractivity contribution >= 4 is 35.0 Å². The SMILES string of the molecule is Clc1ccc(SCCNCC2CCCCC2)cc1Cl. The minimum atomic E-state index is 0.626. The Morgan fingerprint density at radius 1 is 1.11 bits per heavy atom. The number of halogens is 2. The predicted octanol–water partition coefficient (Wildman–Crippen LogP) is 5.26. The molecule has 0 aliphatic heterocycles. The second-order valence-corrected chi connectivity index (χ2v) is 7.12. The normalized spacial score (nSPS) is 16.7. The average Bonchev–Trinajstić information content (AvgIpc) is 2.43. The Kier molecular flexibility index (Phi) is 6.86. The van der Waals surface area contributed by atoms with Crippen molar-refractivity contribution in [2.75, 3.05) is 18.8 Å². The standard InChI is InChI=1S/C15H21Cl2NS/c16-14-7-6-13(10-15(14)17)19-9-8-18-11-12-4-2-1-3-5-12/h6-7,10,12,18H,1-5,8-9,11H2. The Morgan fingerprint density at radius 2 is 1.89 bits per heavy atom. The lowest BCUT2D eigenvalue weighted by Gasteiger charge is -2.21. The highest BCUT2D eigenvalue weighted by atomic mass is 35.5. The number of rotatable bonds is 6. The molecule has 1 aromatic carbocycles. The second-order valence-electron chi connectivity index (χ2n) is 5.13. The van der Waals surface area contributed by atoms with E-state index < -0.39 is 0 Å². The fourth-order valence-corrected chi connectivity index (χ4v) is 3.72. The quantitative estimate of drug-likeness (QED) is 0.567. The molecule has 1 aliphatic rings. The minimum absolute atomic E-state index is 0.626. The van der Waals surface area contributed by atoms with Gasteiger partial charge in [0.1, 0.15) is 0 Å². The van der Waals surface area contributed by atoms with Crippen LogP contribution in [0.15, 0.2) is 23.1 Å². The van der Waals surface area contributed by atoms with Crippen LogP contribution in [0.5, 0.6) is 0 Å². The molecule has 0 aromatic heterocycles. The van der Waals surface area contributed by atoms with Gasteiger partial charge in [0.25, 0.3) is 0 Å². The molecule has 1 fully saturated rings. The fourth-order valence-electron chi connectivity index (χ4n) is 2.51. The van der Waals surface area contributed by atoms with Gasteiger partial charge in [0, 0.05) is 17.2 Å². The van der Waals surface area contributed by atoms with Crippen LogP contribution in [-0.4, -0.2) is 18.8 Å². The molecule has 0 radical (unpaired) electrons. The fraction of sp³-hybridized carbons (Fsp3) is 0.600. The highest BCUT2D eigenvalue weighted by Crippen LogP contribution is 2.27. The number of nitrogens with one attached hydrogen (secondary N) is 1. The van der Waals surface area contributed by atoms with Crippen molar-refractivity contribution in [2.24, 2.45) is 5.92 Å². The summed E-state index contributed by atoms with van der Waals surface area (Å²) in [6.07, 6.45) is 7.10. The molecule has 2 rings (SSSR count). The van der Waals surface area contributed by atoms with Crippen LogP contribution < -0.4 is 5.32 Å². The van der Waals surface area contributed by atoms with E-state index in [0.29, 0.717) is 10.0 Å². The average molecular weight is 318 g/mol. The smallest absolute Gasteiger partial charge is 0.0603 e. The molecule has 0 saturated heterocycles. The van der Waals surface area contributed by atoms with Gasteiger partial charge in [-0.1, -0.05) is 42.5 Å². The first-order chi connectivity index (χ1) is 9.25. The molecular weight excluding hydrogens is 297 g/mol. The summed E-state index contributed by atoms with van der Waals surface area (Å²) >= 11 is 13.7. The minimum Gasteiger partial charge on any atom is -0.316 e. The molecule has 1 nitrogen and oxygen atoms in total. The van der Waals surface area contributed by atoms with E-state index in [4.69, 9.17) is 23.2 Å². The molecule has 0 unspecified atom stereocenters. The summed E-state index contributed by atoms with van der Waals surface area (Å²) in [6.45, 7) is 2.24. The maximum Gasteiger partial charge on any atom is 0.0603 e. The van der Waals surface area contributed by atoms with E-state index in [9.17, 15) is 0 Å². The molecule has 0 amide bonds. The number of thioether (sulfide) groups is 1. The molecule has 1 aromatic rings. The largest absolute Gasteiger partial charge is 0.316 e. The highest BCUT2D eigenvalue weighted by Gasteiger charge is 2.12. The van der Waals surface area contributed by atoms with Gasteiger partial charge in [0.2, 0.25) is 0 Å². The van der Waals surface area contributed by atoms with E-state index in [-0.39, 0.29) is 0 Å². The third-order valence-corrected chi connectivity index (χ3v) is 5.33. The van der Waals surface area contributed by atoms with E-state index in [1.165, 1.54) is 43.5 Å². The van der Waals surface area contributed by atoms with E-state index in [0.717, 1.165) is 18.2 Å². The van der Waals surface area contributed by atoms with Crippen LogP contribution in [0.3, 0.4) is 0 Å². The van der Waals surface area contributed by atoms with Gasteiger partial charge >= 0.3 is 0 Å². The van der Waals surface area contributed by atoms with Crippen molar-refractivity contribution in [1.82, 2.24) is 5.32 Å². The Labute approximate surface area is 130 Å². The molecule has 1 aliphatic carbocycles. The summed E-state index contributed by atoms with van der Waals surface area (Å²) in [6, 6.07) is 5.83. The Balaban J connectivity index is 1.59. The lowest BCUT2D eigenvalue weighted by atomic mass is 9.89. The maximum atomic E-state index is 5.99. The zero-order valence-electron chi connectivity index (χ0n) is 11.1. The van der Waals surface area contributed by atoms with E-state index in [1.54, 1.807) is 0 Å². The van der Waals surface area contributed by atoms with Crippen molar-refractivity contribution in [3.05, 3.63) is 28.2 Å². The number of hydrogen-bond acceptors (Lipinski definition) is 2. The summed E-state index contributed by atoms with van der Waals surface area (Å²) in [7, 11) is 0. The molecule has 0 atom stereocenters. The molecule has 1 saturated carbocycles. The van der Waals surface area contributed by atoms with Crippen molar-refractivity contribution < 1.29 is 0 Å². The zero-order chi connectivity index (χ0) is 13.5. The van der Waals surface area contributed by atoms with E-state index in [2.05, 4.69) is 5.32 Å². The summed E-state index contributed by atoms with van der Waals surface area (Å²) in [5.74, 6) is 1.98. The third-order valence-electron chi connectivity index (χ3n) is 3.60. The Hall–Kier alpha value is 0.110. The molecule has 106 valence electrons. The molecule has 1 N–H and O–H groups in total. The Morgan fingerprint density at radius 3 is 2.63 bits per heavy atom.